The van der Waals surface area contributed by atoms with Crippen molar-refractivity contribution in [2.24, 2.45) is 7.05 Å². The van der Waals surface area contributed by atoms with Gasteiger partial charge < -0.3 is 24.7 Å². The van der Waals surface area contributed by atoms with E-state index in [1.165, 1.54) is 22.9 Å². The monoisotopic (exact) mass is 674 g/mol. The Kier molecular flexibility index (Phi) is 10.4. The Morgan fingerprint density at radius 1 is 1.10 bits per heavy atom. The summed E-state index contributed by atoms with van der Waals surface area (Å²) in [6, 6.07) is 12.6. The lowest BCUT2D eigenvalue weighted by atomic mass is 10.0. The van der Waals surface area contributed by atoms with Crippen LogP contribution < -0.4 is 21.5 Å². The van der Waals surface area contributed by atoms with Crippen molar-refractivity contribution in [3.05, 3.63) is 93.9 Å². The number of hydrogen-bond acceptors (Lipinski definition) is 9. The number of ether oxygens (including phenoxy) is 2. The molecule has 6 rings (SSSR count). The van der Waals surface area contributed by atoms with Gasteiger partial charge in [-0.3, -0.25) is 19.7 Å². The Hall–Kier alpha value is -4.96. The number of rotatable bonds is 10. The molecule has 0 unspecified atom stereocenters. The third-order valence-electron chi connectivity index (χ3n) is 8.58. The number of aryl methyl sites for hydroxylation is 1. The number of carbonyl (C=O) groups excluding carboxylic acids is 2. The first kappa shape index (κ1) is 33.9. The average Bonchev–Trinajstić information content (AvgIpc) is 3.65. The lowest BCUT2D eigenvalue weighted by Gasteiger charge is -2.23. The Labute approximate surface area is 282 Å². The van der Waals surface area contributed by atoms with Crippen molar-refractivity contribution in [3.63, 3.8) is 0 Å². The number of amides is 3. The highest BCUT2D eigenvalue weighted by molar-refractivity contribution is 5.96. The summed E-state index contributed by atoms with van der Waals surface area (Å²) in [5.74, 6) is -0.742. The second-order valence-electron chi connectivity index (χ2n) is 12.0. The second kappa shape index (κ2) is 15.1. The Bertz CT molecular complexity index is 1860. The van der Waals surface area contributed by atoms with Crippen molar-refractivity contribution >= 4 is 17.8 Å². The van der Waals surface area contributed by atoms with Gasteiger partial charge in [-0.05, 0) is 55.7 Å². The zero-order valence-electron chi connectivity index (χ0n) is 27.5. The fourth-order valence-corrected chi connectivity index (χ4v) is 6.03. The van der Waals surface area contributed by atoms with E-state index in [1.54, 1.807) is 43.1 Å². The van der Waals surface area contributed by atoms with Crippen molar-refractivity contribution in [2.45, 2.75) is 38.0 Å². The van der Waals surface area contributed by atoms with Crippen molar-refractivity contribution in [1.82, 2.24) is 35.0 Å². The van der Waals surface area contributed by atoms with Gasteiger partial charge in [0, 0.05) is 70.0 Å². The predicted octanol–water partition coefficient (Wildman–Crippen LogP) is 3.11. The highest BCUT2D eigenvalue weighted by atomic mass is 19.1. The number of hydrogen-bond donors (Lipinski definition) is 3. The number of pyridine rings is 2. The summed E-state index contributed by atoms with van der Waals surface area (Å²) in [4.78, 5) is 49.8. The van der Waals surface area contributed by atoms with Crippen LogP contribution >= 0.6 is 0 Å². The van der Waals surface area contributed by atoms with Crippen LogP contribution in [0.4, 0.5) is 15.0 Å². The van der Waals surface area contributed by atoms with Crippen molar-refractivity contribution in [1.29, 1.82) is 0 Å². The number of halogens is 1. The minimum atomic E-state index is -0.674. The van der Waals surface area contributed by atoms with Gasteiger partial charge in [0.15, 0.2) is 0 Å². The number of carbonyl (C=O) groups is 2. The summed E-state index contributed by atoms with van der Waals surface area (Å²) in [5.41, 5.74) is 2.35. The number of nitrogens with zero attached hydrogens (tertiary/aromatic N) is 5. The van der Waals surface area contributed by atoms with E-state index < -0.39 is 35.6 Å². The molecule has 2 saturated heterocycles. The third kappa shape index (κ3) is 7.70. The molecule has 2 atom stereocenters. The van der Waals surface area contributed by atoms with E-state index in [0.29, 0.717) is 79.6 Å². The Balaban J connectivity index is 1.30. The van der Waals surface area contributed by atoms with Crippen LogP contribution in [0.25, 0.3) is 16.9 Å². The van der Waals surface area contributed by atoms with Gasteiger partial charge in [-0.1, -0.05) is 18.2 Å². The van der Waals surface area contributed by atoms with Gasteiger partial charge in [0.25, 0.3) is 11.5 Å². The van der Waals surface area contributed by atoms with E-state index in [4.69, 9.17) is 19.4 Å². The normalized spacial score (nSPS) is 18.4. The highest BCUT2D eigenvalue weighted by Gasteiger charge is 2.37. The predicted molar refractivity (Wildman–Crippen MR) is 178 cm³/mol. The van der Waals surface area contributed by atoms with E-state index in [-0.39, 0.29) is 11.6 Å². The van der Waals surface area contributed by atoms with E-state index in [9.17, 15) is 18.8 Å². The second-order valence-corrected chi connectivity index (χ2v) is 12.0. The summed E-state index contributed by atoms with van der Waals surface area (Å²) in [6.45, 7) is 4.07. The molecule has 258 valence electrons. The largest absolute Gasteiger partial charge is 0.383 e. The zero-order chi connectivity index (χ0) is 34.5. The Morgan fingerprint density at radius 3 is 2.61 bits per heavy atom. The first-order chi connectivity index (χ1) is 23.7. The number of benzene rings is 1. The lowest BCUT2D eigenvalue weighted by molar-refractivity contribution is -0.154. The topological polar surface area (TPSA) is 154 Å². The Morgan fingerprint density at radius 2 is 1.88 bits per heavy atom. The molecule has 1 aromatic carbocycles. The number of urea groups is 1. The van der Waals surface area contributed by atoms with Gasteiger partial charge in [0.05, 0.1) is 24.0 Å². The van der Waals surface area contributed by atoms with Crippen molar-refractivity contribution in [2.75, 3.05) is 45.3 Å². The van der Waals surface area contributed by atoms with Crippen LogP contribution in [-0.2, 0) is 21.4 Å². The molecular weight excluding hydrogens is 635 g/mol. The van der Waals surface area contributed by atoms with E-state index in [1.807, 2.05) is 30.3 Å². The fourth-order valence-electron chi connectivity index (χ4n) is 6.03. The maximum atomic E-state index is 14.1. The highest BCUT2D eigenvalue weighted by Crippen LogP contribution is 2.32. The molecular formula is C34H39FN8O6. The molecule has 0 spiro atoms. The summed E-state index contributed by atoms with van der Waals surface area (Å²) >= 11 is 0. The summed E-state index contributed by atoms with van der Waals surface area (Å²) < 4.78 is 27.6. The van der Waals surface area contributed by atoms with Gasteiger partial charge >= 0.3 is 6.03 Å². The van der Waals surface area contributed by atoms with Crippen LogP contribution in [0.15, 0.2) is 65.7 Å². The number of methoxy groups -OCH3 is 1. The van der Waals surface area contributed by atoms with Gasteiger partial charge in [0.2, 0.25) is 5.95 Å². The van der Waals surface area contributed by atoms with Crippen LogP contribution in [0.3, 0.4) is 0 Å². The lowest BCUT2D eigenvalue weighted by Crippen LogP contribution is -2.42. The summed E-state index contributed by atoms with van der Waals surface area (Å²) in [6.07, 6.45) is 3.63. The number of aromatic nitrogens is 4. The van der Waals surface area contributed by atoms with E-state index >= 15 is 0 Å². The molecule has 4 aromatic rings. The van der Waals surface area contributed by atoms with E-state index in [0.717, 1.165) is 0 Å². The standard InChI is InChI=1S/C34H39FN8O6/c1-21-29(23-17-26(33(45)41(2)19-23)32(44)37-24-10-14-48-15-11-24)40-43(25-7-5-4-6-8-25)31(21)39-34(46)38-27-20-42(13-16-47-3)49-30(27)22-9-12-36-28(35)18-22/h4-9,12,17-19,24,27,30H,10-11,13-16,20H2,1-3H3,(H,37,44)(H2,38,39,46)/t27-,30+/m1/s1. The molecule has 3 amide bonds. The zero-order valence-corrected chi connectivity index (χ0v) is 27.5. The van der Waals surface area contributed by atoms with E-state index in [2.05, 4.69) is 20.9 Å². The van der Waals surface area contributed by atoms with Crippen molar-refractivity contribution < 1.29 is 28.3 Å². The minimum Gasteiger partial charge on any atom is -0.383 e. The first-order valence-electron chi connectivity index (χ1n) is 16.1. The number of anilines is 1. The molecule has 2 aliphatic rings. The van der Waals surface area contributed by atoms with Crippen LogP contribution in [0.2, 0.25) is 0 Å². The van der Waals surface area contributed by atoms with Gasteiger partial charge in [-0.15, -0.1) is 0 Å². The van der Waals surface area contributed by atoms with Crippen LogP contribution in [0.5, 0.6) is 0 Å². The quantitative estimate of drug-likeness (QED) is 0.215. The molecule has 49 heavy (non-hydrogen) atoms. The fraction of sp³-hybridized carbons (Fsp3) is 0.382. The average molecular weight is 675 g/mol. The van der Waals surface area contributed by atoms with Crippen LogP contribution in [0, 0.1) is 12.9 Å². The molecule has 3 N–H and O–H groups in total. The molecule has 5 heterocycles. The summed E-state index contributed by atoms with van der Waals surface area (Å²) in [7, 11) is 3.16. The molecule has 3 aromatic heterocycles. The molecule has 0 aliphatic carbocycles. The van der Waals surface area contributed by atoms with Gasteiger partial charge in [-0.25, -0.2) is 14.5 Å². The number of nitrogens with one attached hydrogen (secondary N) is 3. The smallest absolute Gasteiger partial charge is 0.320 e. The number of para-hydroxylation sites is 1. The molecule has 0 radical (unpaired) electrons. The van der Waals surface area contributed by atoms with Crippen LogP contribution in [-0.4, -0.2) is 88.4 Å². The SMILES string of the molecule is COCCN1C[C@@H](NC(=O)Nc2c(C)c(-c3cc(C(=O)NC4CCOCC4)c(=O)n(C)c3)nn2-c2ccccc2)[C@H](c2ccnc(F)c2)O1. The van der Waals surface area contributed by atoms with Crippen molar-refractivity contribution in [3.8, 4) is 16.9 Å². The maximum absolute atomic E-state index is 14.1. The minimum absolute atomic E-state index is 0.00902. The molecule has 14 nitrogen and oxygen atoms in total. The van der Waals surface area contributed by atoms with Gasteiger partial charge in [0.1, 0.15) is 17.5 Å². The van der Waals surface area contributed by atoms with Gasteiger partial charge in [-0.2, -0.15) is 14.6 Å². The third-order valence-corrected chi connectivity index (χ3v) is 8.58. The molecule has 2 fully saturated rings. The number of hydroxylamine groups is 2. The molecule has 0 saturated carbocycles. The molecule has 0 bridgehead atoms. The molecule has 15 heteroatoms. The maximum Gasteiger partial charge on any atom is 0.320 e. The summed E-state index contributed by atoms with van der Waals surface area (Å²) in [5, 5.41) is 15.4. The first-order valence-corrected chi connectivity index (χ1v) is 16.1. The molecule has 2 aliphatic heterocycles. The van der Waals surface area contributed by atoms with Crippen LogP contribution in [0.1, 0.15) is 40.4 Å².